The van der Waals surface area contributed by atoms with Gasteiger partial charge in [-0.05, 0) is 75.9 Å². The van der Waals surface area contributed by atoms with Gasteiger partial charge in [-0.1, -0.05) is 0 Å². The lowest BCUT2D eigenvalue weighted by atomic mass is 9.92. The number of aromatic nitrogens is 2. The standard InChI is InChI=1S/C24H26FN3O/c1-3-27-16(2)4-11-22-23(27)13-12-21(17-14-26-28(15-17)19-7-8-19)24(22)29-20-9-5-18(25)6-10-20/h5-6,9-10,12-16,19H,3-4,7-8,11H2,1-2H3/t16-/m0/s1. The molecule has 1 fully saturated rings. The van der Waals surface area contributed by atoms with E-state index in [-0.39, 0.29) is 5.82 Å². The molecule has 1 atom stereocenters. The van der Waals surface area contributed by atoms with Crippen molar-refractivity contribution in [3.63, 3.8) is 0 Å². The van der Waals surface area contributed by atoms with Gasteiger partial charge in [-0.15, -0.1) is 0 Å². The van der Waals surface area contributed by atoms with Crippen LogP contribution in [0.5, 0.6) is 11.5 Å². The van der Waals surface area contributed by atoms with Gasteiger partial charge >= 0.3 is 0 Å². The van der Waals surface area contributed by atoms with Gasteiger partial charge in [-0.25, -0.2) is 4.39 Å². The second-order valence-electron chi connectivity index (χ2n) is 8.11. The minimum absolute atomic E-state index is 0.260. The van der Waals surface area contributed by atoms with Gasteiger partial charge in [-0.3, -0.25) is 4.68 Å². The van der Waals surface area contributed by atoms with Gasteiger partial charge in [0.05, 0.1) is 12.2 Å². The van der Waals surface area contributed by atoms with Gasteiger partial charge in [0.25, 0.3) is 0 Å². The maximum absolute atomic E-state index is 13.4. The molecule has 5 rings (SSSR count). The van der Waals surface area contributed by atoms with Crippen molar-refractivity contribution in [2.24, 2.45) is 0 Å². The third-order valence-electron chi connectivity index (χ3n) is 6.10. The molecule has 5 heteroatoms. The summed E-state index contributed by atoms with van der Waals surface area (Å²) in [7, 11) is 0. The molecule has 150 valence electrons. The molecular formula is C24H26FN3O. The predicted octanol–water partition coefficient (Wildman–Crippen LogP) is 5.98. The second-order valence-corrected chi connectivity index (χ2v) is 8.11. The lowest BCUT2D eigenvalue weighted by Gasteiger charge is -2.37. The molecule has 29 heavy (non-hydrogen) atoms. The van der Waals surface area contributed by atoms with Crippen molar-refractivity contribution >= 4 is 5.69 Å². The summed E-state index contributed by atoms with van der Waals surface area (Å²) >= 11 is 0. The fraction of sp³-hybridized carbons (Fsp3) is 0.375. The second kappa shape index (κ2) is 7.21. The van der Waals surface area contributed by atoms with E-state index < -0.39 is 0 Å². The minimum atomic E-state index is -0.260. The number of rotatable bonds is 5. The molecule has 2 aromatic carbocycles. The van der Waals surface area contributed by atoms with Gasteiger partial charge in [0.2, 0.25) is 0 Å². The first kappa shape index (κ1) is 18.2. The van der Waals surface area contributed by atoms with Crippen LogP contribution in [-0.2, 0) is 6.42 Å². The number of nitrogens with zero attached hydrogens (tertiary/aromatic N) is 3. The van der Waals surface area contributed by atoms with Gasteiger partial charge < -0.3 is 9.64 Å². The molecule has 0 N–H and O–H groups in total. The Balaban J connectivity index is 1.62. The Labute approximate surface area is 170 Å². The fourth-order valence-corrected chi connectivity index (χ4v) is 4.34. The van der Waals surface area contributed by atoms with Crippen LogP contribution in [0.15, 0.2) is 48.8 Å². The fourth-order valence-electron chi connectivity index (χ4n) is 4.34. The Morgan fingerprint density at radius 1 is 1.10 bits per heavy atom. The average molecular weight is 391 g/mol. The molecule has 0 radical (unpaired) electrons. The van der Waals surface area contributed by atoms with E-state index >= 15 is 0 Å². The Morgan fingerprint density at radius 3 is 2.62 bits per heavy atom. The third kappa shape index (κ3) is 3.39. The van der Waals surface area contributed by atoms with E-state index in [4.69, 9.17) is 4.74 Å². The molecule has 0 saturated heterocycles. The smallest absolute Gasteiger partial charge is 0.140 e. The molecule has 1 saturated carbocycles. The summed E-state index contributed by atoms with van der Waals surface area (Å²) in [5.41, 5.74) is 4.58. The van der Waals surface area contributed by atoms with Crippen molar-refractivity contribution in [2.45, 2.75) is 51.6 Å². The number of hydrogen-bond donors (Lipinski definition) is 0. The summed E-state index contributed by atoms with van der Waals surface area (Å²) in [4.78, 5) is 2.44. The summed E-state index contributed by atoms with van der Waals surface area (Å²) in [5, 5.41) is 4.57. The van der Waals surface area contributed by atoms with E-state index in [0.29, 0.717) is 17.8 Å². The van der Waals surface area contributed by atoms with Crippen LogP contribution in [-0.4, -0.2) is 22.4 Å². The molecule has 0 amide bonds. The maximum Gasteiger partial charge on any atom is 0.140 e. The highest BCUT2D eigenvalue weighted by Gasteiger charge is 2.28. The molecule has 0 bridgehead atoms. The average Bonchev–Trinajstić information content (AvgIpc) is 3.47. The topological polar surface area (TPSA) is 30.3 Å². The predicted molar refractivity (Wildman–Crippen MR) is 113 cm³/mol. The Morgan fingerprint density at radius 2 is 1.90 bits per heavy atom. The molecular weight excluding hydrogens is 365 g/mol. The maximum atomic E-state index is 13.4. The Bertz CT molecular complexity index is 1020. The monoisotopic (exact) mass is 391 g/mol. The summed E-state index contributed by atoms with van der Waals surface area (Å²) in [5.74, 6) is 1.26. The van der Waals surface area contributed by atoms with Gasteiger partial charge in [-0.2, -0.15) is 5.10 Å². The highest BCUT2D eigenvalue weighted by Crippen LogP contribution is 2.45. The van der Waals surface area contributed by atoms with Crippen molar-refractivity contribution in [1.82, 2.24) is 9.78 Å². The first-order valence-electron chi connectivity index (χ1n) is 10.5. The molecule has 1 aromatic heterocycles. The van der Waals surface area contributed by atoms with Crippen LogP contribution in [0.2, 0.25) is 0 Å². The number of ether oxygens (including phenoxy) is 1. The highest BCUT2D eigenvalue weighted by atomic mass is 19.1. The molecule has 3 aromatic rings. The van der Waals surface area contributed by atoms with Crippen LogP contribution in [0.3, 0.4) is 0 Å². The summed E-state index contributed by atoms with van der Waals surface area (Å²) in [6.07, 6.45) is 8.52. The SMILES string of the molecule is CCN1c2ccc(-c3cnn(C4CC4)c3)c(Oc3ccc(F)cc3)c2CC[C@@H]1C. The number of anilines is 1. The zero-order valence-electron chi connectivity index (χ0n) is 16.9. The van der Waals surface area contributed by atoms with Crippen molar-refractivity contribution in [3.8, 4) is 22.6 Å². The normalized spacial score (nSPS) is 18.6. The van der Waals surface area contributed by atoms with Crippen molar-refractivity contribution in [3.05, 3.63) is 60.2 Å². The van der Waals surface area contributed by atoms with E-state index in [1.807, 2.05) is 6.20 Å². The van der Waals surface area contributed by atoms with Crippen molar-refractivity contribution in [2.75, 3.05) is 11.4 Å². The quantitative estimate of drug-likeness (QED) is 0.536. The zero-order chi connectivity index (χ0) is 20.0. The molecule has 0 spiro atoms. The lowest BCUT2D eigenvalue weighted by molar-refractivity contribution is 0.467. The van der Waals surface area contributed by atoms with E-state index in [2.05, 4.69) is 46.9 Å². The number of hydrogen-bond acceptors (Lipinski definition) is 3. The van der Waals surface area contributed by atoms with E-state index in [0.717, 1.165) is 36.3 Å². The van der Waals surface area contributed by atoms with Crippen LogP contribution < -0.4 is 9.64 Å². The number of benzene rings is 2. The summed E-state index contributed by atoms with van der Waals surface area (Å²) < 4.78 is 21.9. The van der Waals surface area contributed by atoms with E-state index in [1.54, 1.807) is 12.1 Å². The van der Waals surface area contributed by atoms with Crippen molar-refractivity contribution in [1.29, 1.82) is 0 Å². The Hall–Kier alpha value is -2.82. The van der Waals surface area contributed by atoms with Crippen LogP contribution in [0.4, 0.5) is 10.1 Å². The van der Waals surface area contributed by atoms with Crippen LogP contribution in [0.25, 0.3) is 11.1 Å². The first-order chi connectivity index (χ1) is 14.1. The van der Waals surface area contributed by atoms with Gasteiger partial charge in [0.15, 0.2) is 0 Å². The largest absolute Gasteiger partial charge is 0.456 e. The van der Waals surface area contributed by atoms with Crippen molar-refractivity contribution < 1.29 is 9.13 Å². The van der Waals surface area contributed by atoms with Gasteiger partial charge in [0.1, 0.15) is 17.3 Å². The van der Waals surface area contributed by atoms with E-state index in [1.165, 1.54) is 36.2 Å². The number of halogens is 1. The lowest BCUT2D eigenvalue weighted by Crippen LogP contribution is -2.37. The first-order valence-corrected chi connectivity index (χ1v) is 10.5. The summed E-state index contributed by atoms with van der Waals surface area (Å²) in [6, 6.07) is 11.7. The number of fused-ring (bicyclic) bond motifs is 1. The highest BCUT2D eigenvalue weighted by molar-refractivity contribution is 5.78. The van der Waals surface area contributed by atoms with Gasteiger partial charge in [0, 0.05) is 41.2 Å². The third-order valence-corrected chi connectivity index (χ3v) is 6.10. The molecule has 2 heterocycles. The van der Waals surface area contributed by atoms with Crippen LogP contribution in [0.1, 0.15) is 44.7 Å². The molecule has 2 aliphatic rings. The van der Waals surface area contributed by atoms with Crippen LogP contribution >= 0.6 is 0 Å². The molecule has 1 aliphatic carbocycles. The van der Waals surface area contributed by atoms with Crippen LogP contribution in [0, 0.1) is 5.82 Å². The molecule has 1 aliphatic heterocycles. The molecule has 0 unspecified atom stereocenters. The summed E-state index contributed by atoms with van der Waals surface area (Å²) in [6.45, 7) is 5.43. The van der Waals surface area contributed by atoms with E-state index in [9.17, 15) is 4.39 Å². The minimum Gasteiger partial charge on any atom is -0.456 e. The Kier molecular flexibility index (Phi) is 4.53. The molecule has 4 nitrogen and oxygen atoms in total. The zero-order valence-corrected chi connectivity index (χ0v) is 16.9.